The number of ether oxygens (including phenoxy) is 1. The summed E-state index contributed by atoms with van der Waals surface area (Å²) in [6, 6.07) is 7.54. The smallest absolute Gasteiger partial charge is 0.341 e. The zero-order valence-electron chi connectivity index (χ0n) is 16.1. The van der Waals surface area contributed by atoms with Gasteiger partial charge in [0, 0.05) is 16.2 Å². The summed E-state index contributed by atoms with van der Waals surface area (Å²) >= 11 is 2.84. The van der Waals surface area contributed by atoms with E-state index in [1.54, 1.807) is 6.92 Å². The van der Waals surface area contributed by atoms with Crippen molar-refractivity contribution in [1.29, 1.82) is 0 Å². The molecular formula is C21H22N2O4S2. The SMILES string of the molecule is CCOC(=O)c1c(NC(=O)C[C@@H]2Sc3ccccc3NC2=O)sc2c1CCCC2. The largest absolute Gasteiger partial charge is 0.462 e. The van der Waals surface area contributed by atoms with Crippen molar-refractivity contribution in [3.63, 3.8) is 0 Å². The minimum Gasteiger partial charge on any atom is -0.462 e. The molecule has 1 atom stereocenters. The number of carbonyl (C=O) groups is 3. The van der Waals surface area contributed by atoms with Gasteiger partial charge in [0.05, 0.1) is 23.1 Å². The van der Waals surface area contributed by atoms with Gasteiger partial charge < -0.3 is 15.4 Å². The molecule has 0 radical (unpaired) electrons. The molecule has 1 aromatic carbocycles. The van der Waals surface area contributed by atoms with Crippen LogP contribution < -0.4 is 10.6 Å². The van der Waals surface area contributed by atoms with Crippen LogP contribution in [0.4, 0.5) is 10.7 Å². The highest BCUT2D eigenvalue weighted by Crippen LogP contribution is 2.40. The zero-order valence-corrected chi connectivity index (χ0v) is 17.7. The Balaban J connectivity index is 1.51. The topological polar surface area (TPSA) is 84.5 Å². The molecule has 8 heteroatoms. The molecule has 6 nitrogen and oxygen atoms in total. The Morgan fingerprint density at radius 3 is 2.86 bits per heavy atom. The second kappa shape index (κ2) is 8.59. The Morgan fingerprint density at radius 1 is 1.24 bits per heavy atom. The van der Waals surface area contributed by atoms with Gasteiger partial charge in [0.1, 0.15) is 5.00 Å². The summed E-state index contributed by atoms with van der Waals surface area (Å²) in [6.07, 6.45) is 3.90. The lowest BCUT2D eigenvalue weighted by Crippen LogP contribution is -2.32. The van der Waals surface area contributed by atoms with E-state index in [1.165, 1.54) is 23.1 Å². The van der Waals surface area contributed by atoms with Gasteiger partial charge in [-0.3, -0.25) is 9.59 Å². The molecule has 0 spiro atoms. The van der Waals surface area contributed by atoms with Crippen molar-refractivity contribution >= 4 is 51.6 Å². The first kappa shape index (κ1) is 20.0. The van der Waals surface area contributed by atoms with E-state index in [-0.39, 0.29) is 30.8 Å². The van der Waals surface area contributed by atoms with Crippen LogP contribution in [0.3, 0.4) is 0 Å². The third-order valence-electron chi connectivity index (χ3n) is 4.98. The van der Waals surface area contributed by atoms with Crippen LogP contribution in [0.25, 0.3) is 0 Å². The number of fused-ring (bicyclic) bond motifs is 2. The minimum atomic E-state index is -0.509. The molecule has 0 unspecified atom stereocenters. The van der Waals surface area contributed by atoms with Crippen LogP contribution >= 0.6 is 23.1 Å². The van der Waals surface area contributed by atoms with Crippen LogP contribution in [0.5, 0.6) is 0 Å². The third-order valence-corrected chi connectivity index (χ3v) is 7.46. The highest BCUT2D eigenvalue weighted by molar-refractivity contribution is 8.01. The maximum Gasteiger partial charge on any atom is 0.341 e. The average Bonchev–Trinajstić information content (AvgIpc) is 3.06. The van der Waals surface area contributed by atoms with Gasteiger partial charge in [-0.1, -0.05) is 12.1 Å². The first-order valence-corrected chi connectivity index (χ1v) is 11.4. The summed E-state index contributed by atoms with van der Waals surface area (Å²) in [7, 11) is 0. The van der Waals surface area contributed by atoms with E-state index in [4.69, 9.17) is 4.74 Å². The second-order valence-electron chi connectivity index (χ2n) is 6.98. The van der Waals surface area contributed by atoms with Gasteiger partial charge in [-0.2, -0.15) is 0 Å². The predicted octanol–water partition coefficient (Wildman–Crippen LogP) is 4.25. The maximum atomic E-state index is 12.7. The summed E-state index contributed by atoms with van der Waals surface area (Å²) < 4.78 is 5.23. The molecule has 1 aromatic heterocycles. The van der Waals surface area contributed by atoms with Crippen molar-refractivity contribution in [3.05, 3.63) is 40.3 Å². The number of aryl methyl sites for hydroxylation is 1. The van der Waals surface area contributed by atoms with Crippen LogP contribution in [0.1, 0.15) is 47.0 Å². The fourth-order valence-electron chi connectivity index (χ4n) is 3.65. The fourth-order valence-corrected chi connectivity index (χ4v) is 6.05. The van der Waals surface area contributed by atoms with E-state index in [2.05, 4.69) is 10.6 Å². The average molecular weight is 431 g/mol. The predicted molar refractivity (Wildman–Crippen MR) is 115 cm³/mol. The van der Waals surface area contributed by atoms with Gasteiger partial charge in [0.15, 0.2) is 0 Å². The lowest BCUT2D eigenvalue weighted by molar-refractivity contribution is -0.120. The number of carbonyl (C=O) groups excluding carboxylic acids is 3. The van der Waals surface area contributed by atoms with Crippen molar-refractivity contribution in [2.24, 2.45) is 0 Å². The Labute approximate surface area is 177 Å². The second-order valence-corrected chi connectivity index (χ2v) is 9.33. The molecule has 29 heavy (non-hydrogen) atoms. The molecule has 0 saturated carbocycles. The lowest BCUT2D eigenvalue weighted by Gasteiger charge is -2.23. The number of thiophene rings is 1. The minimum absolute atomic E-state index is 0.0374. The number of para-hydroxylation sites is 1. The van der Waals surface area contributed by atoms with Gasteiger partial charge in [-0.25, -0.2) is 4.79 Å². The Morgan fingerprint density at radius 2 is 2.03 bits per heavy atom. The van der Waals surface area contributed by atoms with Crippen molar-refractivity contribution in [2.75, 3.05) is 17.2 Å². The van der Waals surface area contributed by atoms with Crippen molar-refractivity contribution in [1.82, 2.24) is 0 Å². The maximum absolute atomic E-state index is 12.7. The van der Waals surface area contributed by atoms with E-state index in [0.29, 0.717) is 10.6 Å². The van der Waals surface area contributed by atoms with Crippen LogP contribution in [0.15, 0.2) is 29.2 Å². The summed E-state index contributed by atoms with van der Waals surface area (Å²) in [5.41, 5.74) is 2.27. The number of thioether (sulfide) groups is 1. The van der Waals surface area contributed by atoms with E-state index in [1.807, 2.05) is 24.3 Å². The van der Waals surface area contributed by atoms with Crippen LogP contribution in [0, 0.1) is 0 Å². The standard InChI is InChI=1S/C21H22N2O4S2/c1-2-27-21(26)18-12-7-3-5-9-14(12)29-20(18)23-17(24)11-16-19(25)22-13-8-4-6-10-15(13)28-16/h4,6,8,10,16H,2-3,5,7,9,11H2,1H3,(H,22,25)(H,23,24)/t16-/m0/s1. The molecule has 2 aliphatic rings. The van der Waals surface area contributed by atoms with E-state index in [9.17, 15) is 14.4 Å². The molecule has 2 amide bonds. The normalized spacial score (nSPS) is 17.7. The summed E-state index contributed by atoms with van der Waals surface area (Å²) in [5.74, 6) is -0.845. The first-order valence-electron chi connectivity index (χ1n) is 9.75. The highest BCUT2D eigenvalue weighted by Gasteiger charge is 2.31. The third kappa shape index (κ3) is 4.18. The highest BCUT2D eigenvalue weighted by atomic mass is 32.2. The van der Waals surface area contributed by atoms with Crippen LogP contribution in [-0.2, 0) is 27.2 Å². The van der Waals surface area contributed by atoms with Gasteiger partial charge in [0.2, 0.25) is 11.8 Å². The zero-order chi connectivity index (χ0) is 20.4. The number of hydrogen-bond donors (Lipinski definition) is 2. The molecule has 0 fully saturated rings. The number of benzene rings is 1. The summed E-state index contributed by atoms with van der Waals surface area (Å²) in [5, 5.41) is 5.77. The first-order chi connectivity index (χ1) is 14.1. The van der Waals surface area contributed by atoms with E-state index >= 15 is 0 Å². The molecule has 4 rings (SSSR count). The Bertz CT molecular complexity index is 970. The number of nitrogens with one attached hydrogen (secondary N) is 2. The summed E-state index contributed by atoms with van der Waals surface area (Å²) in [6.45, 7) is 2.06. The number of hydrogen-bond acceptors (Lipinski definition) is 6. The monoisotopic (exact) mass is 430 g/mol. The molecule has 152 valence electrons. The van der Waals surface area contributed by atoms with Crippen LogP contribution in [0.2, 0.25) is 0 Å². The number of anilines is 2. The van der Waals surface area contributed by atoms with E-state index < -0.39 is 5.25 Å². The molecular weight excluding hydrogens is 408 g/mol. The lowest BCUT2D eigenvalue weighted by atomic mass is 9.95. The quantitative estimate of drug-likeness (QED) is 0.693. The Kier molecular flexibility index (Phi) is 5.91. The van der Waals surface area contributed by atoms with Gasteiger partial charge in [-0.05, 0) is 50.3 Å². The van der Waals surface area contributed by atoms with E-state index in [0.717, 1.165) is 46.7 Å². The van der Waals surface area contributed by atoms with Gasteiger partial charge >= 0.3 is 5.97 Å². The van der Waals surface area contributed by atoms with Crippen LogP contribution in [-0.4, -0.2) is 29.6 Å². The molecule has 1 aliphatic heterocycles. The van der Waals surface area contributed by atoms with Crippen molar-refractivity contribution < 1.29 is 19.1 Å². The molecule has 0 saturated heterocycles. The molecule has 2 N–H and O–H groups in total. The van der Waals surface area contributed by atoms with Crippen molar-refractivity contribution in [3.8, 4) is 0 Å². The molecule has 2 heterocycles. The fraction of sp³-hybridized carbons (Fsp3) is 0.381. The summed E-state index contributed by atoms with van der Waals surface area (Å²) in [4.78, 5) is 39.7. The van der Waals surface area contributed by atoms with Gasteiger partial charge in [-0.15, -0.1) is 23.1 Å². The molecule has 0 bridgehead atoms. The number of rotatable bonds is 5. The number of amides is 2. The molecule has 1 aliphatic carbocycles. The van der Waals surface area contributed by atoms with Crippen molar-refractivity contribution in [2.45, 2.75) is 49.2 Å². The Hall–Kier alpha value is -2.32. The van der Waals surface area contributed by atoms with Gasteiger partial charge in [0.25, 0.3) is 0 Å². The molecule has 2 aromatic rings. The number of esters is 1.